The molecule has 96 valence electrons. The Bertz CT molecular complexity index is 507. The second-order valence-electron chi connectivity index (χ2n) is 4.15. The Kier molecular flexibility index (Phi) is 4.92. The van der Waals surface area contributed by atoms with Crippen LogP contribution >= 0.6 is 27.3 Å². The molecule has 0 spiro atoms. The number of thiazole rings is 1. The summed E-state index contributed by atoms with van der Waals surface area (Å²) < 4.78 is 0.856. The van der Waals surface area contributed by atoms with Gasteiger partial charge in [-0.25, -0.2) is 4.98 Å². The van der Waals surface area contributed by atoms with Crippen molar-refractivity contribution in [2.24, 2.45) is 0 Å². The van der Waals surface area contributed by atoms with Crippen molar-refractivity contribution >= 4 is 27.3 Å². The van der Waals surface area contributed by atoms with Crippen molar-refractivity contribution in [1.29, 1.82) is 0 Å². The molecule has 18 heavy (non-hydrogen) atoms. The van der Waals surface area contributed by atoms with Crippen LogP contribution in [0.15, 0.2) is 28.9 Å². The van der Waals surface area contributed by atoms with Gasteiger partial charge in [-0.1, -0.05) is 37.6 Å². The van der Waals surface area contributed by atoms with Gasteiger partial charge >= 0.3 is 0 Å². The number of benzene rings is 1. The van der Waals surface area contributed by atoms with E-state index in [1.54, 1.807) is 11.3 Å². The molecule has 0 saturated heterocycles. The van der Waals surface area contributed by atoms with E-state index in [0.29, 0.717) is 6.42 Å². The Balaban J connectivity index is 2.22. The summed E-state index contributed by atoms with van der Waals surface area (Å²) in [5.41, 5.74) is 2.51. The quantitative estimate of drug-likeness (QED) is 0.899. The van der Waals surface area contributed by atoms with Crippen molar-refractivity contribution in [1.82, 2.24) is 4.98 Å². The lowest BCUT2D eigenvalue weighted by molar-refractivity contribution is 0.300. The monoisotopic (exact) mass is 325 g/mol. The van der Waals surface area contributed by atoms with Gasteiger partial charge in [0.2, 0.25) is 0 Å². The number of aryl methyl sites for hydroxylation is 1. The fourth-order valence-corrected chi connectivity index (χ4v) is 3.50. The van der Waals surface area contributed by atoms with Crippen LogP contribution in [-0.2, 0) is 12.8 Å². The van der Waals surface area contributed by atoms with E-state index < -0.39 is 0 Å². The highest BCUT2D eigenvalue weighted by atomic mass is 79.9. The molecule has 1 N–H and O–H groups in total. The minimum atomic E-state index is 0.162. The van der Waals surface area contributed by atoms with E-state index in [9.17, 15) is 0 Å². The molecule has 0 bridgehead atoms. The van der Waals surface area contributed by atoms with Gasteiger partial charge in [0.25, 0.3) is 0 Å². The number of hydrogen-bond acceptors (Lipinski definition) is 3. The molecule has 1 aromatic carbocycles. The Hall–Kier alpha value is -0.710. The molecule has 0 amide bonds. The molecular formula is C14H16BrNOS. The van der Waals surface area contributed by atoms with Crippen molar-refractivity contribution < 1.29 is 5.11 Å². The molecular weight excluding hydrogens is 310 g/mol. The zero-order chi connectivity index (χ0) is 13.0. The molecule has 0 aliphatic carbocycles. The van der Waals surface area contributed by atoms with E-state index in [0.717, 1.165) is 26.5 Å². The number of rotatable bonds is 5. The van der Waals surface area contributed by atoms with Crippen molar-refractivity contribution in [3.63, 3.8) is 0 Å². The minimum Gasteiger partial charge on any atom is -0.396 e. The number of hydrogen-bond donors (Lipinski definition) is 1. The lowest BCUT2D eigenvalue weighted by atomic mass is 10.1. The summed E-state index contributed by atoms with van der Waals surface area (Å²) in [7, 11) is 0. The van der Waals surface area contributed by atoms with Crippen LogP contribution < -0.4 is 0 Å². The fraction of sp³-hybridized carbons (Fsp3) is 0.357. The molecule has 1 heterocycles. The van der Waals surface area contributed by atoms with Crippen LogP contribution in [0.2, 0.25) is 0 Å². The molecule has 0 unspecified atom stereocenters. The standard InChI is InChI=1S/C14H16BrNOS/c1-2-3-10-4-6-11(7-5-10)14-16-13(15)12(18-14)8-9-17/h4-7,17H,2-3,8-9H2,1H3. The maximum Gasteiger partial charge on any atom is 0.124 e. The zero-order valence-electron chi connectivity index (χ0n) is 10.3. The van der Waals surface area contributed by atoms with Gasteiger partial charge in [-0.15, -0.1) is 11.3 Å². The van der Waals surface area contributed by atoms with E-state index in [4.69, 9.17) is 5.11 Å². The average molecular weight is 326 g/mol. The van der Waals surface area contributed by atoms with Crippen LogP contribution in [0.3, 0.4) is 0 Å². The van der Waals surface area contributed by atoms with E-state index in [-0.39, 0.29) is 6.61 Å². The maximum absolute atomic E-state index is 8.98. The Morgan fingerprint density at radius 2 is 1.94 bits per heavy atom. The first-order valence-electron chi connectivity index (χ1n) is 6.10. The Morgan fingerprint density at radius 3 is 2.56 bits per heavy atom. The third-order valence-corrected chi connectivity index (χ3v) is 4.81. The Morgan fingerprint density at radius 1 is 1.22 bits per heavy atom. The molecule has 0 radical (unpaired) electrons. The number of aliphatic hydroxyl groups excluding tert-OH is 1. The number of aliphatic hydroxyl groups is 1. The second-order valence-corrected chi connectivity index (χ2v) is 5.99. The molecule has 1 aromatic heterocycles. The molecule has 2 nitrogen and oxygen atoms in total. The first-order chi connectivity index (χ1) is 8.74. The summed E-state index contributed by atoms with van der Waals surface area (Å²) in [5, 5.41) is 9.99. The van der Waals surface area contributed by atoms with Gasteiger partial charge in [-0.2, -0.15) is 0 Å². The minimum absolute atomic E-state index is 0.162. The van der Waals surface area contributed by atoms with Crippen molar-refractivity contribution in [3.8, 4) is 10.6 Å². The molecule has 0 aliphatic rings. The van der Waals surface area contributed by atoms with Gasteiger partial charge < -0.3 is 5.11 Å². The van der Waals surface area contributed by atoms with Crippen LogP contribution in [-0.4, -0.2) is 16.7 Å². The smallest absolute Gasteiger partial charge is 0.124 e. The molecule has 2 aromatic rings. The summed E-state index contributed by atoms with van der Waals surface area (Å²) in [4.78, 5) is 5.60. The molecule has 0 atom stereocenters. The first kappa shape index (κ1) is 13.7. The maximum atomic E-state index is 8.98. The summed E-state index contributed by atoms with van der Waals surface area (Å²) in [6.45, 7) is 2.35. The van der Waals surface area contributed by atoms with Gasteiger partial charge in [0, 0.05) is 23.5 Å². The Labute approximate surface area is 120 Å². The summed E-state index contributed by atoms with van der Waals surface area (Å²) in [5.74, 6) is 0. The number of halogens is 1. The molecule has 2 rings (SSSR count). The lowest BCUT2D eigenvalue weighted by Gasteiger charge is -2.00. The second kappa shape index (κ2) is 6.45. The lowest BCUT2D eigenvalue weighted by Crippen LogP contribution is -1.86. The summed E-state index contributed by atoms with van der Waals surface area (Å²) >= 11 is 5.08. The van der Waals surface area contributed by atoms with Gasteiger partial charge in [-0.05, 0) is 27.9 Å². The molecule has 0 aliphatic heterocycles. The molecule has 0 saturated carbocycles. The first-order valence-corrected chi connectivity index (χ1v) is 7.71. The van der Waals surface area contributed by atoms with Crippen LogP contribution in [0.25, 0.3) is 10.6 Å². The highest BCUT2D eigenvalue weighted by molar-refractivity contribution is 9.10. The fourth-order valence-electron chi connectivity index (χ4n) is 1.81. The molecule has 0 fully saturated rings. The average Bonchev–Trinajstić information content (AvgIpc) is 2.73. The summed E-state index contributed by atoms with van der Waals surface area (Å²) in [6.07, 6.45) is 2.95. The van der Waals surface area contributed by atoms with Crippen LogP contribution in [0.1, 0.15) is 23.8 Å². The van der Waals surface area contributed by atoms with Gasteiger partial charge in [-0.3, -0.25) is 0 Å². The van der Waals surface area contributed by atoms with Crippen LogP contribution in [0.4, 0.5) is 0 Å². The van der Waals surface area contributed by atoms with Crippen LogP contribution in [0.5, 0.6) is 0 Å². The SMILES string of the molecule is CCCc1ccc(-c2nc(Br)c(CCO)s2)cc1. The molecule has 4 heteroatoms. The van der Waals surface area contributed by atoms with Gasteiger partial charge in [0.1, 0.15) is 9.61 Å². The van der Waals surface area contributed by atoms with E-state index in [1.807, 2.05) is 0 Å². The third-order valence-electron chi connectivity index (χ3n) is 2.73. The topological polar surface area (TPSA) is 33.1 Å². The van der Waals surface area contributed by atoms with E-state index >= 15 is 0 Å². The predicted octanol–water partition coefficient (Wildman–Crippen LogP) is 4.06. The van der Waals surface area contributed by atoms with E-state index in [2.05, 4.69) is 52.1 Å². The highest BCUT2D eigenvalue weighted by Gasteiger charge is 2.09. The van der Waals surface area contributed by atoms with Crippen molar-refractivity contribution in [2.45, 2.75) is 26.2 Å². The highest BCUT2D eigenvalue weighted by Crippen LogP contribution is 2.31. The van der Waals surface area contributed by atoms with Crippen LogP contribution in [0, 0.1) is 0 Å². The number of aromatic nitrogens is 1. The predicted molar refractivity (Wildman–Crippen MR) is 80.0 cm³/mol. The largest absolute Gasteiger partial charge is 0.396 e. The van der Waals surface area contributed by atoms with Crippen molar-refractivity contribution in [2.75, 3.05) is 6.61 Å². The normalized spacial score (nSPS) is 10.8. The number of nitrogens with zero attached hydrogens (tertiary/aromatic N) is 1. The van der Waals surface area contributed by atoms with E-state index in [1.165, 1.54) is 12.0 Å². The van der Waals surface area contributed by atoms with Gasteiger partial charge in [0.15, 0.2) is 0 Å². The third kappa shape index (κ3) is 3.19. The zero-order valence-corrected chi connectivity index (χ0v) is 12.7. The summed E-state index contributed by atoms with van der Waals surface area (Å²) in [6, 6.07) is 8.58. The van der Waals surface area contributed by atoms with Crippen molar-refractivity contribution in [3.05, 3.63) is 39.3 Å². The van der Waals surface area contributed by atoms with Gasteiger partial charge in [0.05, 0.1) is 0 Å².